The predicted octanol–water partition coefficient (Wildman–Crippen LogP) is 2.37. The quantitative estimate of drug-likeness (QED) is 0.821. The molecule has 0 saturated carbocycles. The van der Waals surface area contributed by atoms with E-state index in [9.17, 15) is 4.79 Å². The Morgan fingerprint density at radius 1 is 1.35 bits per heavy atom. The van der Waals surface area contributed by atoms with Crippen molar-refractivity contribution >= 4 is 17.8 Å². The number of aromatic nitrogens is 1. The van der Waals surface area contributed by atoms with E-state index in [0.29, 0.717) is 19.0 Å². The molecule has 26 heavy (non-hydrogen) atoms. The normalized spacial score (nSPS) is 24.8. The molecule has 6 nitrogen and oxygen atoms in total. The average Bonchev–Trinajstić information content (AvgIpc) is 3.09. The van der Waals surface area contributed by atoms with E-state index in [4.69, 9.17) is 5.26 Å². The molecular weight excluding hydrogens is 326 g/mol. The van der Waals surface area contributed by atoms with Crippen LogP contribution < -0.4 is 4.90 Å². The first-order valence-electron chi connectivity index (χ1n) is 9.39. The highest BCUT2D eigenvalue weighted by atomic mass is 16.2. The van der Waals surface area contributed by atoms with Crippen LogP contribution in [-0.2, 0) is 6.42 Å². The van der Waals surface area contributed by atoms with E-state index in [0.717, 1.165) is 31.6 Å². The number of amides is 2. The van der Waals surface area contributed by atoms with Crippen LogP contribution in [-0.4, -0.2) is 60.1 Å². The second-order valence-electron chi connectivity index (χ2n) is 7.70. The van der Waals surface area contributed by atoms with Gasteiger partial charge in [-0.3, -0.25) is 4.98 Å². The van der Waals surface area contributed by atoms with Gasteiger partial charge in [-0.2, -0.15) is 5.26 Å². The number of rotatable bonds is 2. The Labute approximate surface area is 154 Å². The number of hydrogen-bond acceptors (Lipinski definition) is 4. The van der Waals surface area contributed by atoms with Gasteiger partial charge in [-0.15, -0.1) is 0 Å². The van der Waals surface area contributed by atoms with Crippen LogP contribution >= 0.6 is 0 Å². The zero-order valence-electron chi connectivity index (χ0n) is 15.4. The SMILES string of the molecule is C[C@@H]1CCN(C(=O)N2CC(C#N)C2)CC1N(C)c1ccnc2c1C=CC2. The van der Waals surface area contributed by atoms with Gasteiger partial charge >= 0.3 is 6.03 Å². The van der Waals surface area contributed by atoms with Crippen molar-refractivity contribution in [3.05, 3.63) is 29.6 Å². The van der Waals surface area contributed by atoms with Crippen LogP contribution in [0.15, 0.2) is 18.3 Å². The molecule has 2 amide bonds. The van der Waals surface area contributed by atoms with Crippen LogP contribution in [0.3, 0.4) is 0 Å². The highest BCUT2D eigenvalue weighted by Crippen LogP contribution is 2.32. The zero-order chi connectivity index (χ0) is 18.3. The van der Waals surface area contributed by atoms with E-state index in [1.807, 2.05) is 11.1 Å². The molecule has 0 bridgehead atoms. The van der Waals surface area contributed by atoms with Gasteiger partial charge in [-0.25, -0.2) is 4.79 Å². The van der Waals surface area contributed by atoms with Crippen molar-refractivity contribution in [3.8, 4) is 6.07 Å². The molecule has 0 aromatic carbocycles. The number of allylic oxidation sites excluding steroid dienone is 1. The Morgan fingerprint density at radius 3 is 2.92 bits per heavy atom. The van der Waals surface area contributed by atoms with Crippen molar-refractivity contribution in [1.29, 1.82) is 5.26 Å². The highest BCUT2D eigenvalue weighted by Gasteiger charge is 2.38. The average molecular weight is 351 g/mol. The monoisotopic (exact) mass is 351 g/mol. The minimum absolute atomic E-state index is 0.00679. The lowest BCUT2D eigenvalue weighted by Gasteiger charge is -2.46. The minimum Gasteiger partial charge on any atom is -0.369 e. The number of nitrogens with zero attached hydrogens (tertiary/aromatic N) is 5. The number of hydrogen-bond donors (Lipinski definition) is 0. The number of likely N-dealkylation sites (N-methyl/N-ethyl adjacent to an activating group) is 1. The van der Waals surface area contributed by atoms with Gasteiger partial charge in [0.15, 0.2) is 0 Å². The molecule has 2 aliphatic heterocycles. The second-order valence-corrected chi connectivity index (χ2v) is 7.70. The number of nitriles is 1. The largest absolute Gasteiger partial charge is 0.369 e. The molecule has 2 saturated heterocycles. The van der Waals surface area contributed by atoms with Gasteiger partial charge in [0.1, 0.15) is 0 Å². The summed E-state index contributed by atoms with van der Waals surface area (Å²) in [6.07, 6.45) is 8.10. The number of fused-ring (bicyclic) bond motifs is 1. The van der Waals surface area contributed by atoms with Gasteiger partial charge in [0.25, 0.3) is 0 Å². The zero-order valence-corrected chi connectivity index (χ0v) is 15.4. The van der Waals surface area contributed by atoms with E-state index >= 15 is 0 Å². The fourth-order valence-electron chi connectivity index (χ4n) is 4.27. The molecule has 2 atom stereocenters. The van der Waals surface area contributed by atoms with E-state index in [2.05, 4.69) is 48.1 Å². The summed E-state index contributed by atoms with van der Waals surface area (Å²) in [4.78, 5) is 23.3. The number of carbonyl (C=O) groups excluding carboxylic acids is 1. The Balaban J connectivity index is 1.49. The van der Waals surface area contributed by atoms with Gasteiger partial charge in [-0.1, -0.05) is 19.1 Å². The molecule has 3 heterocycles. The van der Waals surface area contributed by atoms with E-state index in [1.165, 1.54) is 11.3 Å². The molecule has 2 fully saturated rings. The van der Waals surface area contributed by atoms with Crippen LogP contribution in [0, 0.1) is 23.2 Å². The van der Waals surface area contributed by atoms with Crippen LogP contribution in [0.4, 0.5) is 10.5 Å². The lowest BCUT2D eigenvalue weighted by molar-refractivity contribution is 0.0910. The molecule has 3 aliphatic rings. The summed E-state index contributed by atoms with van der Waals surface area (Å²) >= 11 is 0. The Hall–Kier alpha value is -2.55. The van der Waals surface area contributed by atoms with Crippen molar-refractivity contribution in [2.24, 2.45) is 11.8 Å². The maximum absolute atomic E-state index is 12.7. The molecule has 0 spiro atoms. The molecule has 4 rings (SSSR count). The molecule has 1 aromatic rings. The summed E-state index contributed by atoms with van der Waals surface area (Å²) < 4.78 is 0. The Kier molecular flexibility index (Phi) is 4.31. The lowest BCUT2D eigenvalue weighted by atomic mass is 9.91. The van der Waals surface area contributed by atoms with Gasteiger partial charge in [-0.05, 0) is 18.4 Å². The molecule has 0 radical (unpaired) electrons. The Morgan fingerprint density at radius 2 is 2.15 bits per heavy atom. The summed E-state index contributed by atoms with van der Waals surface area (Å²) in [5, 5.41) is 8.93. The highest BCUT2D eigenvalue weighted by molar-refractivity contribution is 5.76. The van der Waals surface area contributed by atoms with Gasteiger partial charge in [0.2, 0.25) is 0 Å². The summed E-state index contributed by atoms with van der Waals surface area (Å²) in [6, 6.07) is 4.68. The summed E-state index contributed by atoms with van der Waals surface area (Å²) in [7, 11) is 2.13. The summed E-state index contributed by atoms with van der Waals surface area (Å²) in [5.41, 5.74) is 3.54. The Bertz CT molecular complexity index is 777. The third-order valence-electron chi connectivity index (χ3n) is 6.05. The molecular formula is C20H25N5O. The van der Waals surface area contributed by atoms with Crippen molar-refractivity contribution < 1.29 is 4.79 Å². The summed E-state index contributed by atoms with van der Waals surface area (Å²) in [5.74, 6) is 0.522. The summed E-state index contributed by atoms with van der Waals surface area (Å²) in [6.45, 7) is 4.95. The third kappa shape index (κ3) is 2.82. The number of piperidine rings is 1. The van der Waals surface area contributed by atoms with E-state index in [1.54, 1.807) is 4.90 Å². The first kappa shape index (κ1) is 16.9. The third-order valence-corrected chi connectivity index (χ3v) is 6.05. The maximum atomic E-state index is 12.7. The van der Waals surface area contributed by atoms with Gasteiger partial charge in [0, 0.05) is 63.1 Å². The number of carbonyl (C=O) groups is 1. The lowest BCUT2D eigenvalue weighted by Crippen LogP contribution is -2.59. The van der Waals surface area contributed by atoms with Gasteiger partial charge < -0.3 is 14.7 Å². The number of anilines is 1. The van der Waals surface area contributed by atoms with Gasteiger partial charge in [0.05, 0.1) is 17.7 Å². The minimum atomic E-state index is 0.00679. The van der Waals surface area contributed by atoms with Crippen molar-refractivity contribution in [1.82, 2.24) is 14.8 Å². The number of likely N-dealkylation sites (tertiary alicyclic amines) is 2. The standard InChI is InChI=1S/C20H25N5O/c1-14-7-9-24(20(26)25-11-15(10-21)12-25)13-19(14)23(2)18-6-8-22-17-5-3-4-16(17)18/h3-4,6,8,14-15,19H,5,7,9,11-13H2,1-2H3/t14-,19?/m1/s1. The van der Waals surface area contributed by atoms with Crippen LogP contribution in [0.1, 0.15) is 24.6 Å². The second kappa shape index (κ2) is 6.64. The molecule has 136 valence electrons. The van der Waals surface area contributed by atoms with Crippen molar-refractivity contribution in [3.63, 3.8) is 0 Å². The fourth-order valence-corrected chi connectivity index (χ4v) is 4.27. The molecule has 0 N–H and O–H groups in total. The number of pyridine rings is 1. The maximum Gasteiger partial charge on any atom is 0.320 e. The van der Waals surface area contributed by atoms with Crippen molar-refractivity contribution in [2.75, 3.05) is 38.1 Å². The fraction of sp³-hybridized carbons (Fsp3) is 0.550. The first-order valence-corrected chi connectivity index (χ1v) is 9.39. The van der Waals surface area contributed by atoms with Crippen LogP contribution in [0.25, 0.3) is 6.08 Å². The van der Waals surface area contributed by atoms with Crippen LogP contribution in [0.5, 0.6) is 0 Å². The molecule has 6 heteroatoms. The molecule has 1 aliphatic carbocycles. The molecule has 1 unspecified atom stereocenters. The predicted molar refractivity (Wildman–Crippen MR) is 101 cm³/mol. The molecule has 1 aromatic heterocycles. The smallest absolute Gasteiger partial charge is 0.320 e. The van der Waals surface area contributed by atoms with E-state index in [-0.39, 0.29) is 18.0 Å². The van der Waals surface area contributed by atoms with Crippen LogP contribution in [0.2, 0.25) is 0 Å². The van der Waals surface area contributed by atoms with E-state index < -0.39 is 0 Å². The van der Waals surface area contributed by atoms with Crippen molar-refractivity contribution in [2.45, 2.75) is 25.8 Å². The topological polar surface area (TPSA) is 63.5 Å². The first-order chi connectivity index (χ1) is 12.6. The number of urea groups is 1.